The van der Waals surface area contributed by atoms with Crippen molar-refractivity contribution in [2.75, 3.05) is 5.32 Å². The van der Waals surface area contributed by atoms with E-state index in [1.165, 1.54) is 0 Å². The highest BCUT2D eigenvalue weighted by Gasteiger charge is 2.44. The Morgan fingerprint density at radius 1 is 1.00 bits per heavy atom. The average molecular weight is 356 g/mol. The molecule has 2 N–H and O–H groups in total. The van der Waals surface area contributed by atoms with Gasteiger partial charge in [-0.05, 0) is 57.2 Å². The maximum Gasteiger partial charge on any atom is 0.196 e. The minimum Gasteiger partial charge on any atom is -0.377 e. The average Bonchev–Trinajstić information content (AvgIpc) is 2.64. The number of pyridine rings is 1. The van der Waals surface area contributed by atoms with E-state index in [1.807, 2.05) is 69.3 Å². The highest BCUT2D eigenvalue weighted by molar-refractivity contribution is 6.11. The van der Waals surface area contributed by atoms with E-state index in [4.69, 9.17) is 0 Å². The SMILES string of the molecule is Cc1ccc2c(c1)C(=O)C1(C)C=c3[nH]c4ccc(C)cc4c(=O)c3=CC1N2. The molecule has 0 saturated heterocycles. The number of anilines is 1. The van der Waals surface area contributed by atoms with E-state index < -0.39 is 5.41 Å². The third-order valence-electron chi connectivity index (χ3n) is 5.87. The normalized spacial score (nSPS) is 22.8. The van der Waals surface area contributed by atoms with Crippen LogP contribution < -0.4 is 21.3 Å². The van der Waals surface area contributed by atoms with Crippen molar-refractivity contribution < 1.29 is 4.79 Å². The van der Waals surface area contributed by atoms with Gasteiger partial charge in [0.25, 0.3) is 0 Å². The number of carbonyl (C=O) groups excluding carboxylic acids is 1. The fourth-order valence-corrected chi connectivity index (χ4v) is 4.27. The van der Waals surface area contributed by atoms with Crippen molar-refractivity contribution in [1.82, 2.24) is 4.98 Å². The van der Waals surface area contributed by atoms with E-state index in [-0.39, 0.29) is 17.3 Å². The zero-order chi connectivity index (χ0) is 18.9. The first-order valence-electron chi connectivity index (χ1n) is 9.16. The van der Waals surface area contributed by atoms with Gasteiger partial charge in [0.05, 0.1) is 11.5 Å². The van der Waals surface area contributed by atoms with Crippen LogP contribution in [0.5, 0.6) is 0 Å². The lowest BCUT2D eigenvalue weighted by Crippen LogP contribution is -2.55. The molecule has 2 aliphatic rings. The zero-order valence-electron chi connectivity index (χ0n) is 15.5. The lowest BCUT2D eigenvalue weighted by Gasteiger charge is -2.40. The van der Waals surface area contributed by atoms with E-state index in [2.05, 4.69) is 10.3 Å². The van der Waals surface area contributed by atoms with Crippen LogP contribution >= 0.6 is 0 Å². The second-order valence-electron chi connectivity index (χ2n) is 7.92. The monoisotopic (exact) mass is 356 g/mol. The summed E-state index contributed by atoms with van der Waals surface area (Å²) in [5, 5.41) is 5.50. The molecule has 1 aromatic heterocycles. The van der Waals surface area contributed by atoms with Crippen molar-refractivity contribution in [3.63, 3.8) is 0 Å². The van der Waals surface area contributed by atoms with E-state index >= 15 is 0 Å². The Morgan fingerprint density at radius 2 is 1.74 bits per heavy atom. The predicted molar refractivity (Wildman–Crippen MR) is 109 cm³/mol. The second-order valence-corrected chi connectivity index (χ2v) is 7.92. The first-order chi connectivity index (χ1) is 12.9. The van der Waals surface area contributed by atoms with E-state index in [9.17, 15) is 9.59 Å². The molecule has 1 aliphatic heterocycles. The Morgan fingerprint density at radius 3 is 2.56 bits per heavy atom. The van der Waals surface area contributed by atoms with Gasteiger partial charge in [-0.1, -0.05) is 23.3 Å². The molecular weight excluding hydrogens is 336 g/mol. The van der Waals surface area contributed by atoms with Gasteiger partial charge < -0.3 is 10.3 Å². The van der Waals surface area contributed by atoms with E-state index in [0.29, 0.717) is 16.2 Å². The first-order valence-corrected chi connectivity index (χ1v) is 9.16. The minimum atomic E-state index is -0.741. The van der Waals surface area contributed by atoms with Gasteiger partial charge in [0, 0.05) is 32.7 Å². The Balaban J connectivity index is 1.82. The van der Waals surface area contributed by atoms with Crippen LogP contribution in [0.1, 0.15) is 28.4 Å². The summed E-state index contributed by atoms with van der Waals surface area (Å²) in [6, 6.07) is 11.4. The summed E-state index contributed by atoms with van der Waals surface area (Å²) in [6.45, 7) is 5.90. The van der Waals surface area contributed by atoms with Crippen LogP contribution in [0.4, 0.5) is 5.69 Å². The van der Waals surface area contributed by atoms with Crippen molar-refractivity contribution in [3.8, 4) is 0 Å². The van der Waals surface area contributed by atoms with Gasteiger partial charge in [0.15, 0.2) is 11.2 Å². The molecule has 0 fully saturated rings. The number of hydrogen-bond donors (Lipinski definition) is 2. The van der Waals surface area contributed by atoms with Crippen molar-refractivity contribution in [1.29, 1.82) is 0 Å². The molecule has 134 valence electrons. The summed E-state index contributed by atoms with van der Waals surface area (Å²) < 4.78 is 0. The maximum atomic E-state index is 13.3. The number of hydrogen-bond acceptors (Lipinski definition) is 3. The number of fused-ring (bicyclic) bond motifs is 4. The molecule has 2 heterocycles. The highest BCUT2D eigenvalue weighted by Crippen LogP contribution is 2.39. The molecule has 0 bridgehead atoms. The Kier molecular flexibility index (Phi) is 3.09. The molecule has 0 saturated carbocycles. The standard InChI is InChI=1S/C23H20N2O2/c1-12-4-6-17-14(8-12)21(26)15-10-20-23(3,11-19(15)24-17)22(27)16-9-13(2)5-7-18(16)25-20/h4-11,20,24-25H,1-3H3. The van der Waals surface area contributed by atoms with Gasteiger partial charge in [-0.25, -0.2) is 0 Å². The molecule has 2 atom stereocenters. The molecule has 4 heteroatoms. The van der Waals surface area contributed by atoms with Gasteiger partial charge in [0.1, 0.15) is 0 Å². The van der Waals surface area contributed by atoms with Crippen molar-refractivity contribution in [2.24, 2.45) is 5.41 Å². The lowest BCUT2D eigenvalue weighted by molar-refractivity contribution is 0.0872. The second kappa shape index (κ2) is 5.19. The highest BCUT2D eigenvalue weighted by atomic mass is 16.1. The molecule has 4 nitrogen and oxygen atoms in total. The van der Waals surface area contributed by atoms with Gasteiger partial charge >= 0.3 is 0 Å². The number of Topliss-reactive ketones (excluding diaryl/α,β-unsaturated/α-hetero) is 1. The summed E-state index contributed by atoms with van der Waals surface area (Å²) in [4.78, 5) is 29.8. The number of H-pyrrole nitrogens is 1. The van der Waals surface area contributed by atoms with Crippen LogP contribution in [0.15, 0.2) is 41.2 Å². The lowest BCUT2D eigenvalue weighted by atomic mass is 9.70. The molecule has 0 radical (unpaired) electrons. The fraction of sp³-hybridized carbons (Fsp3) is 0.217. The number of aryl methyl sites for hydroxylation is 2. The summed E-state index contributed by atoms with van der Waals surface area (Å²) in [5.74, 6) is 0.0803. The smallest absolute Gasteiger partial charge is 0.196 e. The van der Waals surface area contributed by atoms with Gasteiger partial charge in [0.2, 0.25) is 0 Å². The zero-order valence-corrected chi connectivity index (χ0v) is 15.5. The molecule has 5 rings (SSSR count). The largest absolute Gasteiger partial charge is 0.377 e. The molecule has 2 aromatic carbocycles. The Bertz CT molecular complexity index is 1330. The number of rotatable bonds is 0. The quantitative estimate of drug-likeness (QED) is 0.650. The Hall–Kier alpha value is -3.14. The number of ketones is 1. The molecule has 27 heavy (non-hydrogen) atoms. The maximum absolute atomic E-state index is 13.3. The summed E-state index contributed by atoms with van der Waals surface area (Å²) in [5.41, 5.74) is 3.70. The predicted octanol–water partition coefficient (Wildman–Crippen LogP) is 2.40. The van der Waals surface area contributed by atoms with Gasteiger partial charge in [-0.2, -0.15) is 0 Å². The summed E-state index contributed by atoms with van der Waals surface area (Å²) in [7, 11) is 0. The van der Waals surface area contributed by atoms with Gasteiger partial charge in [-0.3, -0.25) is 9.59 Å². The molecule has 0 spiro atoms. The van der Waals surface area contributed by atoms with Crippen LogP contribution in [0, 0.1) is 19.3 Å². The van der Waals surface area contributed by atoms with E-state index in [1.54, 1.807) is 0 Å². The topological polar surface area (TPSA) is 62.0 Å². The van der Waals surface area contributed by atoms with Crippen molar-refractivity contribution in [2.45, 2.75) is 26.8 Å². The number of aromatic nitrogens is 1. The van der Waals surface area contributed by atoms with Crippen molar-refractivity contribution >= 4 is 34.5 Å². The first kappa shape index (κ1) is 16.1. The molecule has 3 aromatic rings. The minimum absolute atomic E-state index is 0.00435. The molecule has 0 amide bonds. The van der Waals surface area contributed by atoms with Crippen LogP contribution in [0.25, 0.3) is 23.1 Å². The number of benzene rings is 2. The van der Waals surface area contributed by atoms with Crippen LogP contribution in [0.2, 0.25) is 0 Å². The third-order valence-corrected chi connectivity index (χ3v) is 5.87. The third kappa shape index (κ3) is 2.16. The number of aromatic amines is 1. The number of nitrogens with one attached hydrogen (secondary N) is 2. The van der Waals surface area contributed by atoms with Gasteiger partial charge in [-0.15, -0.1) is 0 Å². The summed E-state index contributed by atoms with van der Waals surface area (Å²) in [6.07, 6.45) is 3.84. The van der Waals surface area contributed by atoms with Crippen molar-refractivity contribution in [3.05, 3.63) is 73.9 Å². The molecular formula is C23H20N2O2. The molecule has 2 unspecified atom stereocenters. The van der Waals surface area contributed by atoms with E-state index in [0.717, 1.165) is 27.7 Å². The number of carbonyl (C=O) groups is 1. The fourth-order valence-electron chi connectivity index (χ4n) is 4.27. The summed E-state index contributed by atoms with van der Waals surface area (Å²) >= 11 is 0. The van der Waals surface area contributed by atoms with Crippen LogP contribution in [-0.2, 0) is 0 Å². The van der Waals surface area contributed by atoms with Crippen LogP contribution in [0.3, 0.4) is 0 Å². The molecule has 1 aliphatic carbocycles. The van der Waals surface area contributed by atoms with Crippen LogP contribution in [-0.4, -0.2) is 16.8 Å². The Labute approximate surface area is 156 Å².